The van der Waals surface area contributed by atoms with Crippen molar-refractivity contribution in [1.82, 2.24) is 29.9 Å². The fraction of sp³-hybridized carbons (Fsp3) is 0.0323. The summed E-state index contributed by atoms with van der Waals surface area (Å²) in [5, 5.41) is 77.7. The number of pyridine rings is 6. The summed E-state index contributed by atoms with van der Waals surface area (Å²) < 4.78 is 0. The van der Waals surface area contributed by atoms with Gasteiger partial charge in [0.05, 0.1) is 101 Å². The number of hydrogen-bond donors (Lipinski definition) is 5. The summed E-state index contributed by atoms with van der Waals surface area (Å²) in [5.74, 6) is -7.00. The quantitative estimate of drug-likeness (QED) is 0.0706. The summed E-state index contributed by atoms with van der Waals surface area (Å²) in [6, 6.07) is 49.5. The minimum atomic E-state index is -1.50. The number of aromatic nitrogens is 6. The molecule has 12 rings (SSSR count). The van der Waals surface area contributed by atoms with Crippen LogP contribution in [-0.4, -0.2) is 96.4 Å². The molecule has 0 radical (unpaired) electrons. The molecule has 0 saturated carbocycles. The van der Waals surface area contributed by atoms with Gasteiger partial charge in [-0.15, -0.1) is 10.1 Å². The normalized spacial score (nSPS) is 10.1. The van der Waals surface area contributed by atoms with Gasteiger partial charge in [0.2, 0.25) is 0 Å². The van der Waals surface area contributed by atoms with Crippen LogP contribution in [0.5, 0.6) is 0 Å². The summed E-state index contributed by atoms with van der Waals surface area (Å²) in [7, 11) is 9.71. The Hall–Kier alpha value is -7.72. The molecule has 0 atom stereocenters. The predicted molar refractivity (Wildman–Crippen MR) is 318 cm³/mol. The summed E-state index contributed by atoms with van der Waals surface area (Å²) in [6.07, 6.45) is 0. The first-order valence-electron chi connectivity index (χ1n) is 24.2. The number of rotatable bonds is 9. The van der Waals surface area contributed by atoms with E-state index in [4.69, 9.17) is 34.7 Å². The third-order valence-electron chi connectivity index (χ3n) is 12.4. The van der Waals surface area contributed by atoms with Crippen LogP contribution in [0.1, 0.15) is 77.0 Å². The predicted octanol–water partition coefficient (Wildman–Crippen LogP) is 5.18. The first-order chi connectivity index (χ1) is 40.8. The van der Waals surface area contributed by atoms with Gasteiger partial charge in [0, 0.05) is 43.4 Å². The van der Waals surface area contributed by atoms with E-state index >= 15 is 0 Å². The van der Waals surface area contributed by atoms with E-state index in [0.717, 1.165) is 0 Å². The molecule has 12 aromatic rings. The molecular weight excluding hydrogens is 1330 g/mol. The number of hydrogen-bond acceptors (Lipinski definition) is 16. The van der Waals surface area contributed by atoms with Crippen molar-refractivity contribution in [3.63, 3.8) is 0 Å². The molecule has 22 nitrogen and oxygen atoms in total. The van der Waals surface area contributed by atoms with Gasteiger partial charge in [-0.3, -0.25) is 0 Å². The Kier molecular flexibility index (Phi) is 28.0. The number of carboxylic acids is 6. The first kappa shape index (κ1) is 73.7. The average Bonchev–Trinajstić information content (AvgIpc) is 0.916. The van der Waals surface area contributed by atoms with Crippen LogP contribution >= 0.6 is 19.4 Å². The summed E-state index contributed by atoms with van der Waals surface area (Å²) in [5.41, 5.74) is 5.01. The Balaban J connectivity index is 0.000000265. The van der Waals surface area contributed by atoms with E-state index in [0.29, 0.717) is 88.2 Å². The number of fused-ring (bicyclic) bond motifs is 6. The van der Waals surface area contributed by atoms with Crippen molar-refractivity contribution in [3.05, 3.63) is 225 Å². The zero-order valence-corrected chi connectivity index (χ0v) is 54.4. The molecule has 27 heteroatoms. The number of aromatic carboxylic acids is 6. The number of carbonyl (C=O) groups excluding carboxylic acids is 2. The van der Waals surface area contributed by atoms with Gasteiger partial charge in [-0.05, 0) is 72.8 Å². The Labute approximate surface area is 604 Å². The third-order valence-corrected chi connectivity index (χ3v) is 12.4. The Morgan fingerprint density at radius 2 is 0.483 bits per heavy atom. The molecule has 0 spiro atoms. The zero-order chi connectivity index (χ0) is 61.1. The Bertz CT molecular complexity index is 3940. The van der Waals surface area contributed by atoms with Gasteiger partial charge in [0.25, 0.3) is 5.09 Å². The average molecular weight is 1380 g/mol. The molecule has 0 unspecified atom stereocenters. The number of benzene rings is 6. The SMILES string of the molecule is C.C.O=C(O)c1cc(-c2cc(C(=O)O)c3ccccc3n2)nc2ccccc12.O=C(O)c1cc(-c2cc(C(=O)O)c3ccccc3n2)nc2ccccc12.O=C([O-])c1cc(-c2cc(C(=O)[O-])c3ccccc3n2)nc2ccccc12.O=[N+]([O-])O.[Cl][Ru][Cl].[K+].[K+]. The van der Waals surface area contributed by atoms with E-state index in [-0.39, 0.29) is 178 Å². The molecule has 0 saturated heterocycles. The van der Waals surface area contributed by atoms with Gasteiger partial charge < -0.3 is 45.4 Å². The van der Waals surface area contributed by atoms with Crippen molar-refractivity contribution in [3.8, 4) is 34.2 Å². The maximum absolute atomic E-state index is 11.6. The topological polar surface area (TPSA) is 370 Å². The molecule has 0 amide bonds. The monoisotopic (exact) mass is 1380 g/mol. The van der Waals surface area contributed by atoms with Crippen LogP contribution in [0.2, 0.25) is 0 Å². The van der Waals surface area contributed by atoms with E-state index in [1.807, 2.05) is 0 Å². The van der Waals surface area contributed by atoms with E-state index in [2.05, 4.69) is 29.9 Å². The van der Waals surface area contributed by atoms with Gasteiger partial charge >= 0.3 is 161 Å². The minimum absolute atomic E-state index is 0. The smallest absolute Gasteiger partial charge is 1.00 e. The molecule has 0 bridgehead atoms. The van der Waals surface area contributed by atoms with E-state index in [1.165, 1.54) is 36.4 Å². The van der Waals surface area contributed by atoms with Crippen molar-refractivity contribution in [2.24, 2.45) is 0 Å². The molecule has 0 aliphatic heterocycles. The molecule has 89 heavy (non-hydrogen) atoms. The molecule has 440 valence electrons. The summed E-state index contributed by atoms with van der Waals surface area (Å²) in [6.45, 7) is 0. The summed E-state index contributed by atoms with van der Waals surface area (Å²) >= 11 is -0.346. The van der Waals surface area contributed by atoms with E-state index < -0.39 is 40.9 Å². The Morgan fingerprint density at radius 3 is 0.629 bits per heavy atom. The largest absolute Gasteiger partial charge is 1.00 e. The third kappa shape index (κ3) is 17.8. The van der Waals surface area contributed by atoms with Gasteiger partial charge in [0.1, 0.15) is 0 Å². The summed E-state index contributed by atoms with van der Waals surface area (Å²) in [4.78, 5) is 105. The maximum Gasteiger partial charge on any atom is 1.00 e. The van der Waals surface area contributed by atoms with E-state index in [9.17, 15) is 59.4 Å². The number of carboxylic acid groups (broad SMARTS) is 6. The molecule has 6 aromatic heterocycles. The van der Waals surface area contributed by atoms with Crippen LogP contribution in [0.3, 0.4) is 0 Å². The first-order valence-corrected chi connectivity index (χ1v) is 28.7. The fourth-order valence-electron chi connectivity index (χ4n) is 8.89. The number of halogens is 2. The van der Waals surface area contributed by atoms with Crippen LogP contribution in [0.15, 0.2) is 182 Å². The fourth-order valence-corrected chi connectivity index (χ4v) is 8.89. The minimum Gasteiger partial charge on any atom is 1.00 e. The van der Waals surface area contributed by atoms with Gasteiger partial charge in [0.15, 0.2) is 0 Å². The van der Waals surface area contributed by atoms with Crippen LogP contribution < -0.4 is 113 Å². The van der Waals surface area contributed by atoms with Crippen LogP contribution in [0.4, 0.5) is 0 Å². The molecule has 5 N–H and O–H groups in total. The van der Waals surface area contributed by atoms with Crippen molar-refractivity contribution in [2.75, 3.05) is 0 Å². The molecule has 6 heterocycles. The van der Waals surface area contributed by atoms with E-state index in [1.54, 1.807) is 146 Å². The maximum atomic E-state index is 11.6. The molecule has 0 aliphatic carbocycles. The van der Waals surface area contributed by atoms with Gasteiger partial charge in [-0.25, -0.2) is 49.1 Å². The van der Waals surface area contributed by atoms with Crippen molar-refractivity contribution in [1.29, 1.82) is 0 Å². The van der Waals surface area contributed by atoms with Crippen molar-refractivity contribution >= 4 is 121 Å². The Morgan fingerprint density at radius 1 is 0.348 bits per heavy atom. The number of para-hydroxylation sites is 6. The molecule has 0 fully saturated rings. The number of nitrogens with zero attached hydrogens (tertiary/aromatic N) is 7. The number of carbonyl (C=O) groups is 6. The molecule has 6 aromatic carbocycles. The molecule has 0 aliphatic rings. The molecular formula is C62H43Cl2K2N7O15Ru. The standard InChI is InChI=1S/3C20H12N2O4.2CH4.2ClH.2K.HNO3.Ru/c3*23-19(24)13-9-17(21-15-7-3-1-5-11(13)15)18-10-14(20(25)26)12-6-2-4-8-16(12)22-18;;;;;;;2-1(3)4;/h3*1-10H,(H,23,24)(H,25,26);2*1H4;2*1H;;;(H,2,3,4);/q;;;;;;;2*+1;;+2/p-4. The van der Waals surface area contributed by atoms with Crippen LogP contribution in [0.25, 0.3) is 99.6 Å². The second-order valence-corrected chi connectivity index (χ2v) is 20.2. The second kappa shape index (κ2) is 33.7. The van der Waals surface area contributed by atoms with Crippen LogP contribution in [-0.2, 0) is 15.1 Å². The van der Waals surface area contributed by atoms with Gasteiger partial charge in [-0.2, -0.15) is 0 Å². The second-order valence-electron chi connectivity index (χ2n) is 17.5. The van der Waals surface area contributed by atoms with Crippen LogP contribution in [0, 0.1) is 10.1 Å². The van der Waals surface area contributed by atoms with Crippen molar-refractivity contribution in [2.45, 2.75) is 14.9 Å². The zero-order valence-electron chi connectivity index (χ0n) is 44.9. The van der Waals surface area contributed by atoms with Crippen molar-refractivity contribution < 1.29 is 188 Å². The van der Waals surface area contributed by atoms with Gasteiger partial charge in [-0.1, -0.05) is 124 Å².